The molecule has 0 nitrogen and oxygen atoms in total. The Morgan fingerprint density at radius 2 is 1.06 bits per heavy atom. The van der Waals surface area contributed by atoms with Crippen molar-refractivity contribution >= 4 is 5.57 Å². The number of allylic oxidation sites excluding steroid dienone is 4. The predicted molar refractivity (Wildman–Crippen MR) is 131 cm³/mol. The molecule has 0 aliphatic heterocycles. The van der Waals surface area contributed by atoms with Crippen molar-refractivity contribution in [2.75, 3.05) is 0 Å². The average molecular weight is 395 g/mol. The molecule has 31 heavy (non-hydrogen) atoms. The second kappa shape index (κ2) is 6.55. The second-order valence-corrected chi connectivity index (χ2v) is 8.17. The molecule has 1 spiro atoms. The van der Waals surface area contributed by atoms with E-state index in [1.165, 1.54) is 55.7 Å². The van der Waals surface area contributed by atoms with E-state index in [0.29, 0.717) is 0 Å². The van der Waals surface area contributed by atoms with Crippen LogP contribution in [0.1, 0.15) is 22.3 Å². The fourth-order valence-electron chi connectivity index (χ4n) is 5.80. The highest BCUT2D eigenvalue weighted by atomic mass is 14.5. The van der Waals surface area contributed by atoms with Crippen molar-refractivity contribution in [3.05, 3.63) is 150 Å². The highest BCUT2D eigenvalue weighted by molar-refractivity contribution is 6.00. The number of hydrogen-bond donors (Lipinski definition) is 0. The van der Waals surface area contributed by atoms with Crippen molar-refractivity contribution in [3.8, 4) is 22.3 Å². The summed E-state index contributed by atoms with van der Waals surface area (Å²) in [5.41, 5.74) is 12.3. The van der Waals surface area contributed by atoms with Gasteiger partial charge in [-0.1, -0.05) is 122 Å². The molecule has 0 saturated heterocycles. The lowest BCUT2D eigenvalue weighted by molar-refractivity contribution is 0.789. The minimum atomic E-state index is -0.389. The van der Waals surface area contributed by atoms with Crippen LogP contribution in [0.2, 0.25) is 0 Å². The van der Waals surface area contributed by atoms with Gasteiger partial charge in [0.1, 0.15) is 0 Å². The van der Waals surface area contributed by atoms with E-state index in [9.17, 15) is 0 Å². The molecule has 4 aromatic rings. The Labute approximate surface area is 183 Å². The minimum absolute atomic E-state index is 0.389. The van der Waals surface area contributed by atoms with Crippen molar-refractivity contribution in [1.82, 2.24) is 0 Å². The van der Waals surface area contributed by atoms with Crippen LogP contribution in [0.25, 0.3) is 27.8 Å². The molecule has 2 aliphatic rings. The molecule has 146 valence electrons. The lowest BCUT2D eigenvalue weighted by Crippen LogP contribution is -2.27. The standard InChI is InChI=1S/C31H22/c1-3-22-26-18-12-17-23(21-13-6-5-7-14-21)30(26)31(27(22)4-2)28-19-10-8-15-24(28)25-16-9-11-20-29(25)31/h3-20H,1-2H2. The van der Waals surface area contributed by atoms with Crippen molar-refractivity contribution in [3.63, 3.8) is 0 Å². The number of hydrogen-bond acceptors (Lipinski definition) is 0. The number of benzene rings is 4. The maximum absolute atomic E-state index is 4.29. The topological polar surface area (TPSA) is 0 Å². The molecule has 0 aromatic heterocycles. The van der Waals surface area contributed by atoms with Crippen molar-refractivity contribution in [1.29, 1.82) is 0 Å². The van der Waals surface area contributed by atoms with Crippen LogP contribution in [0.3, 0.4) is 0 Å². The summed E-state index contributed by atoms with van der Waals surface area (Å²) in [6, 6.07) is 35.0. The Bertz CT molecular complexity index is 1350. The van der Waals surface area contributed by atoms with Gasteiger partial charge in [-0.3, -0.25) is 0 Å². The van der Waals surface area contributed by atoms with Crippen molar-refractivity contribution in [2.45, 2.75) is 5.41 Å². The normalized spacial score (nSPS) is 14.8. The first-order valence-corrected chi connectivity index (χ1v) is 10.7. The largest absolute Gasteiger partial charge is 0.0987 e. The van der Waals surface area contributed by atoms with E-state index in [-0.39, 0.29) is 5.41 Å². The van der Waals surface area contributed by atoms with Crippen LogP contribution in [0.4, 0.5) is 0 Å². The maximum atomic E-state index is 4.29. The first kappa shape index (κ1) is 17.9. The number of rotatable bonds is 3. The summed E-state index contributed by atoms with van der Waals surface area (Å²) in [5.74, 6) is 0. The SMILES string of the molecule is C=CC1=C(C=C)C2(c3ccccc3-c3ccccc32)c2c1cccc2-c1ccccc1. The molecule has 0 N–H and O–H groups in total. The third-order valence-corrected chi connectivity index (χ3v) is 6.87. The molecule has 0 saturated carbocycles. The van der Waals surface area contributed by atoms with Gasteiger partial charge in [0.05, 0.1) is 5.41 Å². The molecule has 2 aliphatic carbocycles. The zero-order chi connectivity index (χ0) is 21.0. The van der Waals surface area contributed by atoms with Crippen LogP contribution in [0.15, 0.2) is 128 Å². The monoisotopic (exact) mass is 394 g/mol. The summed E-state index contributed by atoms with van der Waals surface area (Å²) >= 11 is 0. The third-order valence-electron chi connectivity index (χ3n) is 6.87. The molecular weight excluding hydrogens is 372 g/mol. The Hall–Kier alpha value is -3.90. The van der Waals surface area contributed by atoms with Gasteiger partial charge in [0.15, 0.2) is 0 Å². The van der Waals surface area contributed by atoms with E-state index in [2.05, 4.69) is 110 Å². The average Bonchev–Trinajstić information content (AvgIpc) is 3.30. The first-order valence-electron chi connectivity index (χ1n) is 10.7. The summed E-state index contributed by atoms with van der Waals surface area (Å²) < 4.78 is 0. The smallest absolute Gasteiger partial charge is 0.0731 e. The van der Waals surface area contributed by atoms with Crippen molar-refractivity contribution < 1.29 is 0 Å². The van der Waals surface area contributed by atoms with Gasteiger partial charge < -0.3 is 0 Å². The van der Waals surface area contributed by atoms with E-state index in [4.69, 9.17) is 0 Å². The zero-order valence-electron chi connectivity index (χ0n) is 17.3. The molecule has 0 unspecified atom stereocenters. The second-order valence-electron chi connectivity index (χ2n) is 8.17. The summed E-state index contributed by atoms with van der Waals surface area (Å²) in [4.78, 5) is 0. The fourth-order valence-corrected chi connectivity index (χ4v) is 5.80. The lowest BCUT2D eigenvalue weighted by Gasteiger charge is -2.33. The van der Waals surface area contributed by atoms with E-state index in [1.54, 1.807) is 0 Å². The molecule has 4 aromatic carbocycles. The van der Waals surface area contributed by atoms with Gasteiger partial charge in [0.25, 0.3) is 0 Å². The van der Waals surface area contributed by atoms with Gasteiger partial charge in [0, 0.05) is 0 Å². The summed E-state index contributed by atoms with van der Waals surface area (Å²) in [7, 11) is 0. The van der Waals surface area contributed by atoms with Gasteiger partial charge >= 0.3 is 0 Å². The molecule has 0 amide bonds. The fraction of sp³-hybridized carbons (Fsp3) is 0.0323. The van der Waals surface area contributed by atoms with Gasteiger partial charge in [-0.15, -0.1) is 0 Å². The Balaban J connectivity index is 1.85. The highest BCUT2D eigenvalue weighted by Crippen LogP contribution is 2.63. The van der Waals surface area contributed by atoms with E-state index >= 15 is 0 Å². The van der Waals surface area contributed by atoms with Crippen LogP contribution < -0.4 is 0 Å². The van der Waals surface area contributed by atoms with Crippen LogP contribution in [0, 0.1) is 0 Å². The maximum Gasteiger partial charge on any atom is 0.0731 e. The van der Waals surface area contributed by atoms with Gasteiger partial charge in [-0.2, -0.15) is 0 Å². The van der Waals surface area contributed by atoms with Crippen LogP contribution in [-0.4, -0.2) is 0 Å². The highest BCUT2D eigenvalue weighted by Gasteiger charge is 2.52. The Morgan fingerprint density at radius 3 is 1.68 bits per heavy atom. The molecule has 0 heterocycles. The Kier molecular flexibility index (Phi) is 3.79. The molecule has 6 rings (SSSR count). The van der Waals surface area contributed by atoms with E-state index in [0.717, 1.165) is 0 Å². The van der Waals surface area contributed by atoms with Gasteiger partial charge in [0.2, 0.25) is 0 Å². The molecule has 0 radical (unpaired) electrons. The van der Waals surface area contributed by atoms with E-state index < -0.39 is 0 Å². The Morgan fingerprint density at radius 1 is 0.516 bits per heavy atom. The molecule has 0 heteroatoms. The first-order chi connectivity index (χ1) is 15.3. The van der Waals surface area contributed by atoms with Crippen LogP contribution in [0.5, 0.6) is 0 Å². The summed E-state index contributed by atoms with van der Waals surface area (Å²) in [6.45, 7) is 8.49. The van der Waals surface area contributed by atoms with Gasteiger partial charge in [-0.05, 0) is 55.7 Å². The van der Waals surface area contributed by atoms with Crippen LogP contribution in [-0.2, 0) is 5.41 Å². The summed E-state index contributed by atoms with van der Waals surface area (Å²) in [5, 5.41) is 0. The van der Waals surface area contributed by atoms with Crippen LogP contribution >= 0.6 is 0 Å². The molecule has 0 atom stereocenters. The summed E-state index contributed by atoms with van der Waals surface area (Å²) in [6.07, 6.45) is 4.05. The predicted octanol–water partition coefficient (Wildman–Crippen LogP) is 7.81. The van der Waals surface area contributed by atoms with Crippen molar-refractivity contribution in [2.24, 2.45) is 0 Å². The lowest BCUT2D eigenvalue weighted by atomic mass is 9.68. The van der Waals surface area contributed by atoms with Gasteiger partial charge in [-0.25, -0.2) is 0 Å². The van der Waals surface area contributed by atoms with E-state index in [1.807, 2.05) is 12.2 Å². The molecule has 0 fully saturated rings. The molecule has 0 bridgehead atoms. The minimum Gasteiger partial charge on any atom is -0.0987 e. The quantitative estimate of drug-likeness (QED) is 0.332. The third kappa shape index (κ3) is 2.14. The molecular formula is C31H22. The number of fused-ring (bicyclic) bond motifs is 7. The zero-order valence-corrected chi connectivity index (χ0v) is 17.3.